The van der Waals surface area contributed by atoms with Crippen molar-refractivity contribution in [2.75, 3.05) is 81.1 Å². The third-order valence-corrected chi connectivity index (χ3v) is 17.2. The molecule has 16 nitrogen and oxygen atoms in total. The number of amides is 1. The molecule has 0 saturated heterocycles. The largest absolute Gasteiger partial charge is 0.504 e. The predicted octanol–water partition coefficient (Wildman–Crippen LogP) is 14.5. The van der Waals surface area contributed by atoms with Crippen molar-refractivity contribution < 1.29 is 57.4 Å². The van der Waals surface area contributed by atoms with E-state index in [0.29, 0.717) is 59.3 Å². The number of nitrogens with one attached hydrogen (secondary N) is 1. The van der Waals surface area contributed by atoms with Gasteiger partial charge in [-0.2, -0.15) is 0 Å². The van der Waals surface area contributed by atoms with Crippen LogP contribution in [0.5, 0.6) is 57.5 Å². The van der Waals surface area contributed by atoms with Crippen LogP contribution in [0.1, 0.15) is 104 Å². The van der Waals surface area contributed by atoms with Crippen LogP contribution < -0.4 is 33.7 Å². The summed E-state index contributed by atoms with van der Waals surface area (Å²) in [5, 5.41) is 15.8. The van der Waals surface area contributed by atoms with E-state index < -0.39 is 16.2 Å². The molecule has 1 amide bonds. The van der Waals surface area contributed by atoms with Gasteiger partial charge in [0.1, 0.15) is 36.2 Å². The maximum atomic E-state index is 13.9. The lowest BCUT2D eigenvalue weighted by atomic mass is 9.69. The number of ether oxygens (including phenoxy) is 8. The highest BCUT2D eigenvalue weighted by Gasteiger charge is 2.47. The molecule has 0 fully saturated rings. The maximum Gasteiger partial charge on any atom is 0.312 e. The van der Waals surface area contributed by atoms with Gasteiger partial charge in [-0.05, 0) is 110 Å². The summed E-state index contributed by atoms with van der Waals surface area (Å²) in [6.45, 7) is 14.1. The fourth-order valence-electron chi connectivity index (χ4n) is 11.7. The number of methoxy groups -OCH3 is 3. The van der Waals surface area contributed by atoms with Crippen LogP contribution in [0, 0.1) is 16.2 Å². The molecular formula is C72H80N4O12S. The molecule has 1 aromatic heterocycles. The molecular weight excluding hydrogens is 1140 g/mol. The first-order valence-electron chi connectivity index (χ1n) is 29.6. The number of hydrogen-bond acceptors (Lipinski definition) is 16. The SMILES string of the molecule is COC(=O)C(C)(C)C1c2ccccc2Oc2c(O)cccc21.COC(=O)C(C)(C)C1c2ccccc2Oc2c(OCCN(C)C)cccc21.COc1ccc(Cc2csc(NC(=O)C(C)(C)C3c4ccccc4Oc4c(OCCN(C)C)cccc43)n2)cc1. The number of fused-ring (bicyclic) bond motifs is 6. The van der Waals surface area contributed by atoms with E-state index in [0.717, 1.165) is 75.0 Å². The van der Waals surface area contributed by atoms with Crippen LogP contribution in [0.2, 0.25) is 0 Å². The van der Waals surface area contributed by atoms with Gasteiger partial charge in [-0.1, -0.05) is 117 Å². The highest BCUT2D eigenvalue weighted by Crippen LogP contribution is 2.58. The van der Waals surface area contributed by atoms with Gasteiger partial charge in [0.15, 0.2) is 39.6 Å². The van der Waals surface area contributed by atoms with Crippen molar-refractivity contribution in [2.45, 2.75) is 65.7 Å². The fraction of sp³-hybridized carbons (Fsp3) is 0.333. The lowest BCUT2D eigenvalue weighted by molar-refractivity contribution is -0.152. The van der Waals surface area contributed by atoms with E-state index in [2.05, 4.69) is 15.1 Å². The summed E-state index contributed by atoms with van der Waals surface area (Å²) in [4.78, 5) is 47.6. The maximum absolute atomic E-state index is 13.9. The molecule has 0 radical (unpaired) electrons. The van der Waals surface area contributed by atoms with Crippen molar-refractivity contribution in [3.05, 3.63) is 202 Å². The van der Waals surface area contributed by atoms with Crippen molar-refractivity contribution in [3.63, 3.8) is 0 Å². The average molecular weight is 1230 g/mol. The van der Waals surface area contributed by atoms with Crippen LogP contribution in [0.4, 0.5) is 5.13 Å². The quantitative estimate of drug-likeness (QED) is 0.0775. The Kier molecular flexibility index (Phi) is 20.1. The summed E-state index contributed by atoms with van der Waals surface area (Å²) in [6.07, 6.45) is 0.678. The minimum atomic E-state index is -0.821. The first kappa shape index (κ1) is 64.6. The molecule has 8 aromatic rings. The number of para-hydroxylation sites is 6. The molecule has 7 aromatic carbocycles. The molecule has 17 heteroatoms. The predicted molar refractivity (Wildman–Crippen MR) is 346 cm³/mol. The first-order chi connectivity index (χ1) is 42.6. The summed E-state index contributed by atoms with van der Waals surface area (Å²) in [6, 6.07) is 48.2. The fourth-order valence-corrected chi connectivity index (χ4v) is 12.4. The molecule has 3 unspecified atom stereocenters. The van der Waals surface area contributed by atoms with Crippen LogP contribution in [0.25, 0.3) is 0 Å². The third-order valence-electron chi connectivity index (χ3n) is 16.4. The molecule has 3 atom stereocenters. The number of hydrogen-bond donors (Lipinski definition) is 2. The molecule has 3 aliphatic heterocycles. The Labute approximate surface area is 526 Å². The zero-order valence-corrected chi connectivity index (χ0v) is 53.8. The lowest BCUT2D eigenvalue weighted by Crippen LogP contribution is -2.38. The van der Waals surface area contributed by atoms with Crippen LogP contribution in [0.15, 0.2) is 157 Å². The average Bonchev–Trinajstić information content (AvgIpc) is 1.09. The van der Waals surface area contributed by atoms with Crippen LogP contribution in [0.3, 0.4) is 0 Å². The Hall–Kier alpha value is -8.90. The number of aromatic nitrogens is 1. The van der Waals surface area contributed by atoms with E-state index in [1.165, 1.54) is 25.6 Å². The molecule has 466 valence electrons. The molecule has 4 heterocycles. The Bertz CT molecular complexity index is 3800. The van der Waals surface area contributed by atoms with E-state index in [9.17, 15) is 19.5 Å². The molecule has 3 aliphatic rings. The Balaban J connectivity index is 0.000000167. The molecule has 2 N–H and O–H groups in total. The third kappa shape index (κ3) is 14.0. The second-order valence-corrected chi connectivity index (χ2v) is 25.2. The van der Waals surface area contributed by atoms with E-state index in [1.54, 1.807) is 19.2 Å². The van der Waals surface area contributed by atoms with Gasteiger partial charge in [0, 0.05) is 76.0 Å². The van der Waals surface area contributed by atoms with E-state index >= 15 is 0 Å². The summed E-state index contributed by atoms with van der Waals surface area (Å²) in [5.41, 5.74) is 5.18. The molecule has 89 heavy (non-hydrogen) atoms. The van der Waals surface area contributed by atoms with Crippen molar-refractivity contribution in [2.24, 2.45) is 16.2 Å². The number of phenolic OH excluding ortho intramolecular Hbond substituents is 1. The Morgan fingerprint density at radius 1 is 0.528 bits per heavy atom. The molecule has 0 saturated carbocycles. The summed E-state index contributed by atoms with van der Waals surface area (Å²) in [5.74, 6) is 4.78. The van der Waals surface area contributed by atoms with Gasteiger partial charge < -0.3 is 58.1 Å². The minimum absolute atomic E-state index is 0.0673. The standard InChI is InChI=1S/C32H35N3O4S.C22H27NO4.C18H18O4/c1-32(2,30(36)34-31-33-22(20-40-31)19-21-13-15-23(37-5)16-14-21)28-24-9-6-7-11-26(24)39-29-25(28)10-8-12-27(29)38-18-17-35(3)4;1-22(2,21(24)25-5)19-15-9-6-7-11-17(15)27-20-16(19)10-8-12-18(20)26-14-13-23(3)4;1-18(2,17(20)21-3)15-11-7-4-5-10-14(11)22-16-12(15)8-6-9-13(16)19/h6-16,20,28H,17-19H2,1-5H3,(H,33,34,36);6-12,19H,13-14H2,1-5H3;4-10,15,19H,1-3H3. The highest BCUT2D eigenvalue weighted by atomic mass is 32.1. The van der Waals surface area contributed by atoms with Crippen molar-refractivity contribution in [3.8, 4) is 57.5 Å². The summed E-state index contributed by atoms with van der Waals surface area (Å²) in [7, 11) is 12.5. The second-order valence-electron chi connectivity index (χ2n) is 24.3. The number of carbonyl (C=O) groups excluding carboxylic acids is 3. The van der Waals surface area contributed by atoms with E-state index in [1.807, 2.05) is 215 Å². The molecule has 0 bridgehead atoms. The van der Waals surface area contributed by atoms with E-state index in [4.69, 9.17) is 42.9 Å². The Morgan fingerprint density at radius 3 is 1.37 bits per heavy atom. The number of benzene rings is 7. The number of esters is 2. The smallest absolute Gasteiger partial charge is 0.312 e. The molecule has 0 aliphatic carbocycles. The zero-order chi connectivity index (χ0) is 63.8. The van der Waals surface area contributed by atoms with Gasteiger partial charge in [0.2, 0.25) is 5.91 Å². The van der Waals surface area contributed by atoms with Crippen LogP contribution >= 0.6 is 11.3 Å². The monoisotopic (exact) mass is 1220 g/mol. The number of anilines is 1. The number of aromatic hydroxyl groups is 1. The number of nitrogens with zero attached hydrogens (tertiary/aromatic N) is 3. The zero-order valence-electron chi connectivity index (χ0n) is 53.0. The van der Waals surface area contributed by atoms with Crippen LogP contribution in [-0.2, 0) is 30.3 Å². The number of likely N-dealkylation sites (N-methyl/N-ethyl adjacent to an activating group) is 2. The minimum Gasteiger partial charge on any atom is -0.504 e. The van der Waals surface area contributed by atoms with Crippen LogP contribution in [-0.4, -0.2) is 114 Å². The number of rotatable bonds is 18. The summed E-state index contributed by atoms with van der Waals surface area (Å²) < 4.78 is 45.9. The number of carbonyl (C=O) groups is 3. The highest BCUT2D eigenvalue weighted by molar-refractivity contribution is 7.13. The van der Waals surface area contributed by atoms with Crippen molar-refractivity contribution >= 4 is 34.3 Å². The van der Waals surface area contributed by atoms with Gasteiger partial charge in [-0.15, -0.1) is 11.3 Å². The van der Waals surface area contributed by atoms with Gasteiger partial charge in [-0.25, -0.2) is 4.98 Å². The summed E-state index contributed by atoms with van der Waals surface area (Å²) >= 11 is 1.44. The second kappa shape index (κ2) is 27.6. The van der Waals surface area contributed by atoms with Crippen molar-refractivity contribution in [1.82, 2.24) is 14.8 Å². The van der Waals surface area contributed by atoms with Gasteiger partial charge in [-0.3, -0.25) is 14.4 Å². The normalized spacial score (nSPS) is 15.1. The lowest BCUT2D eigenvalue weighted by Gasteiger charge is -2.38. The topological polar surface area (TPSA) is 177 Å². The number of thiazole rings is 1. The van der Waals surface area contributed by atoms with E-state index in [-0.39, 0.29) is 41.3 Å². The first-order valence-corrected chi connectivity index (χ1v) is 30.5. The molecule has 11 rings (SSSR count). The Morgan fingerprint density at radius 2 is 0.933 bits per heavy atom. The van der Waals surface area contributed by atoms with Gasteiger partial charge in [0.05, 0.1) is 43.3 Å². The van der Waals surface area contributed by atoms with Gasteiger partial charge >= 0.3 is 11.9 Å². The van der Waals surface area contributed by atoms with Gasteiger partial charge in [0.25, 0.3) is 0 Å². The number of phenols is 1. The molecule has 0 spiro atoms. The van der Waals surface area contributed by atoms with Crippen molar-refractivity contribution in [1.29, 1.82) is 0 Å².